The molecule has 1 N–H and O–H groups in total. The van der Waals surface area contributed by atoms with Crippen molar-refractivity contribution in [3.05, 3.63) is 58.0 Å². The second kappa shape index (κ2) is 5.19. The van der Waals surface area contributed by atoms with Crippen molar-refractivity contribution in [3.63, 3.8) is 0 Å². The van der Waals surface area contributed by atoms with Gasteiger partial charge in [-0.1, -0.05) is 6.07 Å². The lowest BCUT2D eigenvalue weighted by Crippen LogP contribution is -2.22. The molecule has 0 atom stereocenters. The summed E-state index contributed by atoms with van der Waals surface area (Å²) in [7, 11) is 0. The number of hydrogen-bond donors (Lipinski definition) is 1. The Morgan fingerprint density at radius 2 is 2.24 bits per heavy atom. The van der Waals surface area contributed by atoms with Gasteiger partial charge in [0, 0.05) is 4.47 Å². The predicted molar refractivity (Wildman–Crippen MR) is 68.8 cm³/mol. The van der Waals surface area contributed by atoms with Crippen molar-refractivity contribution in [2.24, 2.45) is 0 Å². The predicted octanol–water partition coefficient (Wildman–Crippen LogP) is 3.28. The molecule has 0 saturated heterocycles. The van der Waals surface area contributed by atoms with Crippen LogP contribution in [0.5, 0.6) is 0 Å². The first-order valence-electron chi connectivity index (χ1n) is 5.23. The van der Waals surface area contributed by atoms with Crippen molar-refractivity contribution >= 4 is 21.8 Å². The highest BCUT2D eigenvalue weighted by Gasteiger charge is 2.09. The summed E-state index contributed by atoms with van der Waals surface area (Å²) >= 11 is 3.38. The quantitative estimate of drug-likeness (QED) is 0.944. The molecule has 0 radical (unpaired) electrons. The SMILES string of the molecule is Cc1ccc(C(=O)NCc2ccco2)c(Br)c1. The van der Waals surface area contributed by atoms with E-state index in [1.807, 2.05) is 25.1 Å². The monoisotopic (exact) mass is 293 g/mol. The molecular weight excluding hydrogens is 282 g/mol. The van der Waals surface area contributed by atoms with Gasteiger partial charge in [0.05, 0.1) is 18.4 Å². The number of halogens is 1. The summed E-state index contributed by atoms with van der Waals surface area (Å²) in [5.41, 5.74) is 1.74. The zero-order valence-corrected chi connectivity index (χ0v) is 11.0. The van der Waals surface area contributed by atoms with Crippen LogP contribution in [0.1, 0.15) is 21.7 Å². The van der Waals surface area contributed by atoms with Crippen LogP contribution in [0.25, 0.3) is 0 Å². The van der Waals surface area contributed by atoms with Crippen molar-refractivity contribution < 1.29 is 9.21 Å². The summed E-state index contributed by atoms with van der Waals surface area (Å²) in [5, 5.41) is 2.80. The molecule has 1 aromatic carbocycles. The van der Waals surface area contributed by atoms with Gasteiger partial charge in [-0.2, -0.15) is 0 Å². The van der Waals surface area contributed by atoms with Gasteiger partial charge in [0.1, 0.15) is 5.76 Å². The van der Waals surface area contributed by atoms with Crippen LogP contribution in [0.4, 0.5) is 0 Å². The first-order valence-corrected chi connectivity index (χ1v) is 6.03. The molecule has 0 saturated carbocycles. The van der Waals surface area contributed by atoms with Gasteiger partial charge >= 0.3 is 0 Å². The van der Waals surface area contributed by atoms with Crippen LogP contribution >= 0.6 is 15.9 Å². The van der Waals surface area contributed by atoms with E-state index in [9.17, 15) is 4.79 Å². The van der Waals surface area contributed by atoms with E-state index in [2.05, 4.69) is 21.2 Å². The summed E-state index contributed by atoms with van der Waals surface area (Å²) in [6, 6.07) is 9.25. The number of aryl methyl sites for hydroxylation is 1. The van der Waals surface area contributed by atoms with Crippen molar-refractivity contribution in [2.45, 2.75) is 13.5 Å². The molecule has 1 amide bonds. The van der Waals surface area contributed by atoms with Crippen molar-refractivity contribution in [1.29, 1.82) is 0 Å². The zero-order chi connectivity index (χ0) is 12.3. The molecule has 0 spiro atoms. The van der Waals surface area contributed by atoms with Crippen molar-refractivity contribution in [3.8, 4) is 0 Å². The molecule has 0 aliphatic rings. The minimum absolute atomic E-state index is 0.117. The van der Waals surface area contributed by atoms with Gasteiger partial charge in [-0.3, -0.25) is 4.79 Å². The summed E-state index contributed by atoms with van der Waals surface area (Å²) < 4.78 is 5.94. The van der Waals surface area contributed by atoms with Gasteiger partial charge in [-0.05, 0) is 52.7 Å². The second-order valence-electron chi connectivity index (χ2n) is 3.75. The Morgan fingerprint density at radius 3 is 2.88 bits per heavy atom. The van der Waals surface area contributed by atoms with Crippen LogP contribution in [0, 0.1) is 6.92 Å². The Labute approximate surface area is 108 Å². The van der Waals surface area contributed by atoms with E-state index in [0.717, 1.165) is 15.8 Å². The summed E-state index contributed by atoms with van der Waals surface area (Å²) in [4.78, 5) is 11.9. The molecule has 88 valence electrons. The molecular formula is C13H12BrNO2. The van der Waals surface area contributed by atoms with Crippen LogP contribution < -0.4 is 5.32 Å². The molecule has 1 heterocycles. The van der Waals surface area contributed by atoms with Gasteiger partial charge in [0.2, 0.25) is 0 Å². The van der Waals surface area contributed by atoms with Gasteiger partial charge in [-0.25, -0.2) is 0 Å². The molecule has 2 aromatic rings. The number of amides is 1. The van der Waals surface area contributed by atoms with Crippen LogP contribution in [0.2, 0.25) is 0 Å². The fourth-order valence-corrected chi connectivity index (χ4v) is 2.15. The van der Waals surface area contributed by atoms with Gasteiger partial charge < -0.3 is 9.73 Å². The third kappa shape index (κ3) is 2.97. The fraction of sp³-hybridized carbons (Fsp3) is 0.154. The number of furan rings is 1. The number of hydrogen-bond acceptors (Lipinski definition) is 2. The largest absolute Gasteiger partial charge is 0.467 e. The standard InChI is InChI=1S/C13H12BrNO2/c1-9-4-5-11(12(14)7-9)13(16)15-8-10-3-2-6-17-10/h2-7H,8H2,1H3,(H,15,16). The summed E-state index contributed by atoms with van der Waals surface area (Å²) in [6.07, 6.45) is 1.59. The van der Waals surface area contributed by atoms with E-state index in [1.54, 1.807) is 18.4 Å². The molecule has 3 nitrogen and oxygen atoms in total. The van der Waals surface area contributed by atoms with Crippen LogP contribution in [-0.2, 0) is 6.54 Å². The maximum Gasteiger partial charge on any atom is 0.252 e. The van der Waals surface area contributed by atoms with E-state index in [1.165, 1.54) is 0 Å². The van der Waals surface area contributed by atoms with E-state index in [-0.39, 0.29) is 5.91 Å². The topological polar surface area (TPSA) is 42.2 Å². The second-order valence-corrected chi connectivity index (χ2v) is 4.60. The molecule has 0 aliphatic carbocycles. The highest BCUT2D eigenvalue weighted by Crippen LogP contribution is 2.18. The van der Waals surface area contributed by atoms with E-state index >= 15 is 0 Å². The van der Waals surface area contributed by atoms with Crippen LogP contribution in [0.3, 0.4) is 0 Å². The minimum Gasteiger partial charge on any atom is -0.467 e. The number of rotatable bonds is 3. The average Bonchev–Trinajstić information content (AvgIpc) is 2.78. The van der Waals surface area contributed by atoms with Crippen LogP contribution in [0.15, 0.2) is 45.5 Å². The van der Waals surface area contributed by atoms with Gasteiger partial charge in [0.15, 0.2) is 0 Å². The smallest absolute Gasteiger partial charge is 0.252 e. The fourth-order valence-electron chi connectivity index (χ4n) is 1.48. The molecule has 0 bridgehead atoms. The Hall–Kier alpha value is -1.55. The average molecular weight is 294 g/mol. The zero-order valence-electron chi connectivity index (χ0n) is 9.37. The third-order valence-electron chi connectivity index (χ3n) is 2.37. The first-order chi connectivity index (χ1) is 8.16. The maximum absolute atomic E-state index is 11.9. The number of carbonyl (C=O) groups is 1. The van der Waals surface area contributed by atoms with E-state index < -0.39 is 0 Å². The molecule has 0 unspecified atom stereocenters. The summed E-state index contributed by atoms with van der Waals surface area (Å²) in [6.45, 7) is 2.38. The first kappa shape index (κ1) is 11.9. The van der Waals surface area contributed by atoms with E-state index in [4.69, 9.17) is 4.42 Å². The molecule has 0 aliphatic heterocycles. The molecule has 1 aromatic heterocycles. The minimum atomic E-state index is -0.117. The number of benzene rings is 1. The van der Waals surface area contributed by atoms with Crippen LogP contribution in [-0.4, -0.2) is 5.91 Å². The number of carbonyl (C=O) groups excluding carboxylic acids is 1. The molecule has 2 rings (SSSR count). The van der Waals surface area contributed by atoms with Crippen molar-refractivity contribution in [2.75, 3.05) is 0 Å². The Morgan fingerprint density at radius 1 is 1.41 bits per heavy atom. The Kier molecular flexibility index (Phi) is 3.64. The molecule has 4 heteroatoms. The third-order valence-corrected chi connectivity index (χ3v) is 3.03. The van der Waals surface area contributed by atoms with E-state index in [0.29, 0.717) is 12.1 Å². The highest BCUT2D eigenvalue weighted by atomic mass is 79.9. The lowest BCUT2D eigenvalue weighted by molar-refractivity contribution is 0.0947. The Bertz CT molecular complexity index is 520. The molecule has 17 heavy (non-hydrogen) atoms. The summed E-state index contributed by atoms with van der Waals surface area (Å²) in [5.74, 6) is 0.620. The molecule has 0 fully saturated rings. The number of nitrogens with one attached hydrogen (secondary N) is 1. The maximum atomic E-state index is 11.9. The highest BCUT2D eigenvalue weighted by molar-refractivity contribution is 9.10. The lowest BCUT2D eigenvalue weighted by atomic mass is 10.1. The Balaban J connectivity index is 2.04. The van der Waals surface area contributed by atoms with Gasteiger partial charge in [-0.15, -0.1) is 0 Å². The lowest BCUT2D eigenvalue weighted by Gasteiger charge is -2.06. The van der Waals surface area contributed by atoms with Crippen molar-refractivity contribution in [1.82, 2.24) is 5.32 Å². The normalized spacial score (nSPS) is 10.2. The van der Waals surface area contributed by atoms with Gasteiger partial charge in [0.25, 0.3) is 5.91 Å².